The minimum atomic E-state index is -0.119. The van der Waals surface area contributed by atoms with Crippen molar-refractivity contribution in [1.82, 2.24) is 15.2 Å². The Morgan fingerprint density at radius 3 is 2.25 bits per heavy atom. The smallest absolute Gasteiger partial charge is 0.235 e. The van der Waals surface area contributed by atoms with Crippen molar-refractivity contribution in [2.45, 2.75) is 5.03 Å². The first kappa shape index (κ1) is 18.0. The average Bonchev–Trinajstić information content (AvgIpc) is 3.18. The lowest BCUT2D eigenvalue weighted by Crippen LogP contribution is -2.14. The molecule has 0 saturated carbocycles. The molecule has 4 rings (SSSR count). The van der Waals surface area contributed by atoms with E-state index in [-0.39, 0.29) is 11.7 Å². The molecule has 0 saturated heterocycles. The van der Waals surface area contributed by atoms with Gasteiger partial charge in [-0.15, -0.1) is 0 Å². The Bertz CT molecular complexity index is 1050. The molecule has 2 N–H and O–H groups in total. The summed E-state index contributed by atoms with van der Waals surface area (Å²) in [6.45, 7) is 0. The van der Waals surface area contributed by atoms with Gasteiger partial charge in [-0.05, 0) is 17.7 Å². The number of hydrogen-bond acceptors (Lipinski definition) is 4. The first-order valence-corrected chi connectivity index (χ1v) is 9.83. The Morgan fingerprint density at radius 1 is 0.893 bits per heavy atom. The number of nitrogens with one attached hydrogen (secondary N) is 2. The summed E-state index contributed by atoms with van der Waals surface area (Å²) in [6.07, 6.45) is 1.65. The third kappa shape index (κ3) is 4.13. The van der Waals surface area contributed by atoms with Gasteiger partial charge in [0.1, 0.15) is 10.8 Å². The van der Waals surface area contributed by atoms with Crippen LogP contribution in [0.25, 0.3) is 22.4 Å². The Labute approximate surface area is 167 Å². The van der Waals surface area contributed by atoms with Gasteiger partial charge in [0.05, 0.1) is 11.4 Å². The molecule has 0 aliphatic heterocycles. The van der Waals surface area contributed by atoms with Crippen LogP contribution in [0.2, 0.25) is 0 Å². The van der Waals surface area contributed by atoms with Crippen LogP contribution in [0, 0.1) is 0 Å². The van der Waals surface area contributed by atoms with Crippen molar-refractivity contribution < 1.29 is 4.79 Å². The van der Waals surface area contributed by atoms with Crippen LogP contribution in [0.3, 0.4) is 0 Å². The maximum Gasteiger partial charge on any atom is 0.235 e. The van der Waals surface area contributed by atoms with E-state index in [4.69, 9.17) is 0 Å². The number of aromatic nitrogens is 3. The second kappa shape index (κ2) is 8.54. The molecule has 0 bridgehead atoms. The van der Waals surface area contributed by atoms with E-state index in [9.17, 15) is 4.79 Å². The van der Waals surface area contributed by atoms with Gasteiger partial charge < -0.3 is 5.32 Å². The molecule has 0 unspecified atom stereocenters. The number of benzene rings is 2. The summed E-state index contributed by atoms with van der Waals surface area (Å²) in [5.41, 5.74) is 4.06. The molecule has 4 aromatic rings. The molecule has 0 fully saturated rings. The monoisotopic (exact) mass is 386 g/mol. The van der Waals surface area contributed by atoms with Crippen LogP contribution in [0.4, 0.5) is 5.82 Å². The number of aromatic amines is 1. The normalized spacial score (nSPS) is 10.6. The molecule has 0 aliphatic carbocycles. The van der Waals surface area contributed by atoms with Crippen molar-refractivity contribution in [2.75, 3.05) is 11.1 Å². The van der Waals surface area contributed by atoms with Gasteiger partial charge >= 0.3 is 0 Å². The molecule has 6 heteroatoms. The lowest BCUT2D eigenvalue weighted by atomic mass is 10.0. The first-order chi connectivity index (χ1) is 13.8. The lowest BCUT2D eigenvalue weighted by molar-refractivity contribution is -0.113. The van der Waals surface area contributed by atoms with Gasteiger partial charge in [0.25, 0.3) is 0 Å². The van der Waals surface area contributed by atoms with Crippen molar-refractivity contribution in [2.24, 2.45) is 0 Å². The van der Waals surface area contributed by atoms with Crippen molar-refractivity contribution >= 4 is 23.5 Å². The molecule has 28 heavy (non-hydrogen) atoms. The van der Waals surface area contributed by atoms with Crippen LogP contribution in [-0.4, -0.2) is 26.8 Å². The zero-order valence-corrected chi connectivity index (χ0v) is 15.8. The number of thioether (sulfide) groups is 1. The molecule has 1 amide bonds. The predicted octanol–water partition coefficient (Wildman–Crippen LogP) is 4.87. The Morgan fingerprint density at radius 2 is 1.57 bits per heavy atom. The van der Waals surface area contributed by atoms with E-state index in [2.05, 4.69) is 32.6 Å². The van der Waals surface area contributed by atoms with E-state index < -0.39 is 0 Å². The highest BCUT2D eigenvalue weighted by Gasteiger charge is 2.18. The minimum absolute atomic E-state index is 0.119. The number of carbonyl (C=O) groups excluding carboxylic acids is 1. The molecule has 2 aromatic heterocycles. The van der Waals surface area contributed by atoms with Gasteiger partial charge in [-0.25, -0.2) is 4.98 Å². The van der Waals surface area contributed by atoms with Crippen LogP contribution in [0.5, 0.6) is 0 Å². The number of amides is 1. The fourth-order valence-electron chi connectivity index (χ4n) is 2.87. The zero-order valence-electron chi connectivity index (χ0n) is 15.0. The number of nitrogens with zero attached hydrogens (tertiary/aromatic N) is 2. The zero-order chi connectivity index (χ0) is 19.2. The summed E-state index contributed by atoms with van der Waals surface area (Å²) in [4.78, 5) is 16.4. The van der Waals surface area contributed by atoms with E-state index in [1.807, 2.05) is 60.7 Å². The lowest BCUT2D eigenvalue weighted by Gasteiger charge is -2.07. The number of carbonyl (C=O) groups is 1. The molecule has 0 aliphatic rings. The molecule has 0 radical (unpaired) electrons. The second-order valence-electron chi connectivity index (χ2n) is 6.06. The van der Waals surface area contributed by atoms with E-state index in [1.165, 1.54) is 11.8 Å². The Balaban J connectivity index is 1.59. The van der Waals surface area contributed by atoms with E-state index in [0.29, 0.717) is 5.82 Å². The van der Waals surface area contributed by atoms with Gasteiger partial charge in [-0.3, -0.25) is 9.89 Å². The second-order valence-corrected chi connectivity index (χ2v) is 7.03. The van der Waals surface area contributed by atoms with Crippen LogP contribution < -0.4 is 5.32 Å². The molecular formula is C22H18N4OS. The summed E-state index contributed by atoms with van der Waals surface area (Å²) in [7, 11) is 0. The molecular weight excluding hydrogens is 368 g/mol. The highest BCUT2D eigenvalue weighted by Crippen LogP contribution is 2.37. The quantitative estimate of drug-likeness (QED) is 0.464. The highest BCUT2D eigenvalue weighted by molar-refractivity contribution is 8.00. The number of hydrogen-bond donors (Lipinski definition) is 2. The van der Waals surface area contributed by atoms with Gasteiger partial charge in [0, 0.05) is 17.3 Å². The van der Waals surface area contributed by atoms with Gasteiger partial charge in [-0.1, -0.05) is 78.5 Å². The van der Waals surface area contributed by atoms with Gasteiger partial charge in [0.2, 0.25) is 5.91 Å². The molecule has 0 spiro atoms. The summed E-state index contributed by atoms with van der Waals surface area (Å²) in [5, 5.41) is 11.2. The van der Waals surface area contributed by atoms with E-state index >= 15 is 0 Å². The third-order valence-electron chi connectivity index (χ3n) is 4.13. The summed E-state index contributed by atoms with van der Waals surface area (Å²) >= 11 is 1.40. The third-order valence-corrected chi connectivity index (χ3v) is 5.11. The number of rotatable bonds is 6. The average molecular weight is 386 g/mol. The van der Waals surface area contributed by atoms with Crippen molar-refractivity contribution in [3.05, 3.63) is 85.1 Å². The summed E-state index contributed by atoms with van der Waals surface area (Å²) in [5.74, 6) is 0.672. The SMILES string of the molecule is O=C(CSc1n[nH]c(-c2ccccc2)c1-c1ccccc1)Nc1ccccn1. The highest BCUT2D eigenvalue weighted by atomic mass is 32.2. The van der Waals surface area contributed by atoms with Crippen molar-refractivity contribution in [3.8, 4) is 22.4 Å². The standard InChI is InChI=1S/C22H18N4OS/c27-19(24-18-13-7-8-14-23-18)15-28-22-20(16-9-3-1-4-10-16)21(25-26-22)17-11-5-2-6-12-17/h1-14H,15H2,(H,25,26)(H,23,24,27). The topological polar surface area (TPSA) is 70.7 Å². The number of pyridine rings is 1. The fourth-order valence-corrected chi connectivity index (χ4v) is 3.68. The van der Waals surface area contributed by atoms with Gasteiger partial charge in [0.15, 0.2) is 0 Å². The predicted molar refractivity (Wildman–Crippen MR) is 113 cm³/mol. The van der Waals surface area contributed by atoms with E-state index in [1.54, 1.807) is 12.3 Å². The summed E-state index contributed by atoms with van der Waals surface area (Å²) < 4.78 is 0. The van der Waals surface area contributed by atoms with E-state index in [0.717, 1.165) is 27.4 Å². The van der Waals surface area contributed by atoms with Crippen LogP contribution in [0.15, 0.2) is 90.1 Å². The fraction of sp³-hybridized carbons (Fsp3) is 0.0455. The number of anilines is 1. The molecule has 5 nitrogen and oxygen atoms in total. The van der Waals surface area contributed by atoms with Gasteiger partial charge in [-0.2, -0.15) is 5.10 Å². The maximum absolute atomic E-state index is 12.3. The Kier molecular flexibility index (Phi) is 5.49. The molecule has 138 valence electrons. The van der Waals surface area contributed by atoms with Crippen molar-refractivity contribution in [1.29, 1.82) is 0 Å². The molecule has 2 aromatic carbocycles. The largest absolute Gasteiger partial charge is 0.310 e. The maximum atomic E-state index is 12.3. The van der Waals surface area contributed by atoms with Crippen molar-refractivity contribution in [3.63, 3.8) is 0 Å². The van der Waals surface area contributed by atoms with Crippen LogP contribution in [-0.2, 0) is 4.79 Å². The number of H-pyrrole nitrogens is 1. The minimum Gasteiger partial charge on any atom is -0.310 e. The first-order valence-electron chi connectivity index (χ1n) is 8.84. The molecule has 0 atom stereocenters. The summed E-state index contributed by atoms with van der Waals surface area (Å²) in [6, 6.07) is 25.6. The Hall–Kier alpha value is -3.38. The van der Waals surface area contributed by atoms with Crippen LogP contribution >= 0.6 is 11.8 Å². The van der Waals surface area contributed by atoms with Crippen LogP contribution in [0.1, 0.15) is 0 Å². The molecule has 2 heterocycles.